The maximum Gasteiger partial charge on any atom is 0.165 e. The number of carbonyl (C=O) groups excluding carboxylic acids is 2. The van der Waals surface area contributed by atoms with Crippen molar-refractivity contribution >= 4 is 11.6 Å². The van der Waals surface area contributed by atoms with E-state index in [0.717, 1.165) is 49.7 Å². The molecule has 0 heterocycles. The van der Waals surface area contributed by atoms with Crippen LogP contribution in [0.2, 0.25) is 0 Å². The largest absolute Gasteiger partial charge is 0.294 e. The van der Waals surface area contributed by atoms with Crippen molar-refractivity contribution in [2.24, 2.45) is 33.5 Å². The number of allylic oxidation sites excluding steroid dienone is 2. The molecule has 34 heavy (non-hydrogen) atoms. The van der Waals surface area contributed by atoms with Crippen LogP contribution in [-0.4, -0.2) is 11.6 Å². The lowest BCUT2D eigenvalue weighted by molar-refractivity contribution is -0.127. The van der Waals surface area contributed by atoms with Crippen molar-refractivity contribution in [3.63, 3.8) is 0 Å². The van der Waals surface area contributed by atoms with E-state index in [4.69, 9.17) is 0 Å². The van der Waals surface area contributed by atoms with Crippen LogP contribution in [0.5, 0.6) is 0 Å². The molecular weight excluding hydrogens is 416 g/mol. The number of benzene rings is 1. The van der Waals surface area contributed by atoms with Crippen LogP contribution in [-0.2, 0) is 22.4 Å². The Labute approximate surface area is 206 Å². The van der Waals surface area contributed by atoms with Gasteiger partial charge in [0.1, 0.15) is 0 Å². The third-order valence-corrected chi connectivity index (χ3v) is 12.1. The summed E-state index contributed by atoms with van der Waals surface area (Å²) in [5.74, 6) is 1.25. The van der Waals surface area contributed by atoms with Gasteiger partial charge in [0.25, 0.3) is 0 Å². The molecule has 0 spiro atoms. The van der Waals surface area contributed by atoms with Crippen LogP contribution in [0.3, 0.4) is 0 Å². The second-order valence-electron chi connectivity index (χ2n) is 13.3. The summed E-state index contributed by atoms with van der Waals surface area (Å²) in [6, 6.07) is 0. The molecule has 4 bridgehead atoms. The fraction of sp³-hybridized carbons (Fsp3) is 0.625. The average molecular weight is 459 g/mol. The van der Waals surface area contributed by atoms with Crippen LogP contribution in [0.1, 0.15) is 86.8 Å². The molecule has 0 aromatic heterocycles. The van der Waals surface area contributed by atoms with Crippen molar-refractivity contribution in [1.29, 1.82) is 0 Å². The Hall–Kier alpha value is -1.96. The van der Waals surface area contributed by atoms with E-state index >= 15 is 0 Å². The lowest BCUT2D eigenvalue weighted by Crippen LogP contribution is -2.39. The fourth-order valence-corrected chi connectivity index (χ4v) is 9.17. The van der Waals surface area contributed by atoms with E-state index in [0.29, 0.717) is 23.4 Å². The van der Waals surface area contributed by atoms with Gasteiger partial charge in [0.05, 0.1) is 0 Å². The molecule has 2 nitrogen and oxygen atoms in total. The Kier molecular flexibility index (Phi) is 4.77. The van der Waals surface area contributed by atoms with Gasteiger partial charge in [-0.3, -0.25) is 9.59 Å². The summed E-state index contributed by atoms with van der Waals surface area (Å²) in [7, 11) is 0. The lowest BCUT2D eigenvalue weighted by atomic mass is 9.63. The Bertz CT molecular complexity index is 1070. The third-order valence-electron chi connectivity index (χ3n) is 12.1. The minimum absolute atomic E-state index is 0.0427. The zero-order valence-corrected chi connectivity index (χ0v) is 22.6. The van der Waals surface area contributed by atoms with Crippen molar-refractivity contribution in [2.45, 2.75) is 93.9 Å². The molecule has 4 unspecified atom stereocenters. The summed E-state index contributed by atoms with van der Waals surface area (Å²) < 4.78 is 0. The average Bonchev–Trinajstić information content (AvgIpc) is 3.28. The normalized spacial score (nSPS) is 35.2. The van der Waals surface area contributed by atoms with Crippen LogP contribution < -0.4 is 0 Å². The highest BCUT2D eigenvalue weighted by Crippen LogP contribution is 2.68. The molecule has 0 N–H and O–H groups in total. The molecule has 5 rings (SSSR count). The molecule has 1 aromatic rings. The summed E-state index contributed by atoms with van der Waals surface area (Å²) in [6.45, 7) is 26.5. The first-order valence-corrected chi connectivity index (χ1v) is 13.2. The summed E-state index contributed by atoms with van der Waals surface area (Å²) in [5.41, 5.74) is 8.90. The summed E-state index contributed by atoms with van der Waals surface area (Å²) in [6.07, 6.45) is 5.71. The summed E-state index contributed by atoms with van der Waals surface area (Å²) >= 11 is 0. The molecular formula is C32H42O2. The Morgan fingerprint density at radius 2 is 0.941 bits per heavy atom. The summed E-state index contributed by atoms with van der Waals surface area (Å²) in [4.78, 5) is 27.0. The fourth-order valence-electron chi connectivity index (χ4n) is 9.17. The highest BCUT2D eigenvalue weighted by atomic mass is 16.1. The van der Waals surface area contributed by atoms with E-state index in [9.17, 15) is 9.59 Å². The van der Waals surface area contributed by atoms with Gasteiger partial charge in [-0.1, -0.05) is 40.9 Å². The first-order valence-electron chi connectivity index (χ1n) is 13.2. The molecule has 0 saturated heterocycles. The van der Waals surface area contributed by atoms with Crippen LogP contribution in [0.4, 0.5) is 0 Å². The second kappa shape index (κ2) is 6.83. The number of rotatable bonds is 4. The van der Waals surface area contributed by atoms with Gasteiger partial charge >= 0.3 is 0 Å². The molecule has 0 aliphatic heterocycles. The van der Waals surface area contributed by atoms with Crippen molar-refractivity contribution < 1.29 is 9.59 Å². The van der Waals surface area contributed by atoms with E-state index in [1.165, 1.54) is 33.4 Å². The minimum atomic E-state index is -0.330. The van der Waals surface area contributed by atoms with Gasteiger partial charge in [-0.05, 0) is 133 Å². The topological polar surface area (TPSA) is 34.1 Å². The minimum Gasteiger partial charge on any atom is -0.294 e. The van der Waals surface area contributed by atoms with Crippen LogP contribution in [0.15, 0.2) is 24.3 Å². The molecule has 4 aliphatic carbocycles. The maximum atomic E-state index is 13.5. The van der Waals surface area contributed by atoms with Gasteiger partial charge in [0.15, 0.2) is 11.6 Å². The van der Waals surface area contributed by atoms with Gasteiger partial charge in [-0.25, -0.2) is 0 Å². The zero-order valence-electron chi connectivity index (χ0n) is 22.6. The van der Waals surface area contributed by atoms with E-state index < -0.39 is 0 Å². The Morgan fingerprint density at radius 1 is 0.647 bits per heavy atom. The number of Topliss-reactive ketones (excluding diaryl/α,β-unsaturated/α-hetero) is 2. The molecule has 4 saturated carbocycles. The number of ketones is 2. The highest BCUT2D eigenvalue weighted by molar-refractivity contribution is 6.05. The quantitative estimate of drug-likeness (QED) is 0.450. The van der Waals surface area contributed by atoms with E-state index in [2.05, 4.69) is 68.5 Å². The van der Waals surface area contributed by atoms with Crippen LogP contribution >= 0.6 is 0 Å². The van der Waals surface area contributed by atoms with Crippen LogP contribution in [0, 0.1) is 61.2 Å². The van der Waals surface area contributed by atoms with Gasteiger partial charge in [-0.2, -0.15) is 0 Å². The molecule has 4 atom stereocenters. The molecule has 182 valence electrons. The van der Waals surface area contributed by atoms with Crippen molar-refractivity contribution in [3.05, 3.63) is 57.7 Å². The SMILES string of the molecule is C=C1C(=O)C2(Cc3c(C)c(C)c(CC45CCC(C(=C)C4=O)C5(C)C)c(C)c3C)CCC1C2(C)C. The molecule has 0 amide bonds. The monoisotopic (exact) mass is 458 g/mol. The number of carbonyl (C=O) groups is 2. The number of fused-ring (bicyclic) bond motifs is 4. The molecule has 4 fully saturated rings. The molecule has 0 radical (unpaired) electrons. The van der Waals surface area contributed by atoms with Crippen molar-refractivity contribution in [3.8, 4) is 0 Å². The highest BCUT2D eigenvalue weighted by Gasteiger charge is 2.67. The predicted molar refractivity (Wildman–Crippen MR) is 139 cm³/mol. The number of hydrogen-bond acceptors (Lipinski definition) is 2. The predicted octanol–water partition coefficient (Wildman–Crippen LogP) is 7.13. The lowest BCUT2D eigenvalue weighted by Gasteiger charge is -2.39. The van der Waals surface area contributed by atoms with Gasteiger partial charge < -0.3 is 0 Å². The molecule has 2 heteroatoms. The molecule has 4 aliphatic rings. The summed E-state index contributed by atoms with van der Waals surface area (Å²) in [5, 5.41) is 0. The van der Waals surface area contributed by atoms with Crippen molar-refractivity contribution in [1.82, 2.24) is 0 Å². The Balaban J connectivity index is 1.59. The van der Waals surface area contributed by atoms with Gasteiger partial charge in [0.2, 0.25) is 0 Å². The first kappa shape index (κ1) is 23.8. The smallest absolute Gasteiger partial charge is 0.165 e. The van der Waals surface area contributed by atoms with E-state index in [-0.39, 0.29) is 21.7 Å². The maximum absolute atomic E-state index is 13.5. The standard InChI is InChI=1S/C32H42O2/c1-17-18(2)24(16-32-14-12-26(30(32,9)10)22(6)28(32)34)20(4)19(3)23(17)15-31-13-11-25(29(31,7)8)21(5)27(31)33/h25-26H,5-6,11-16H2,1-4,7-10H3. The second-order valence-corrected chi connectivity index (χ2v) is 13.3. The van der Waals surface area contributed by atoms with Gasteiger partial charge in [-0.15, -0.1) is 0 Å². The van der Waals surface area contributed by atoms with E-state index in [1.807, 2.05) is 0 Å². The Morgan fingerprint density at radius 3 is 1.18 bits per heavy atom. The molecule has 1 aromatic carbocycles. The first-order chi connectivity index (χ1) is 15.7. The van der Waals surface area contributed by atoms with Crippen molar-refractivity contribution in [2.75, 3.05) is 0 Å². The van der Waals surface area contributed by atoms with Crippen LogP contribution in [0.25, 0.3) is 0 Å². The zero-order chi connectivity index (χ0) is 25.2. The van der Waals surface area contributed by atoms with E-state index in [1.54, 1.807) is 0 Å². The number of hydrogen-bond donors (Lipinski definition) is 0. The third kappa shape index (κ3) is 2.43. The van der Waals surface area contributed by atoms with Gasteiger partial charge in [0, 0.05) is 10.8 Å².